The van der Waals surface area contributed by atoms with Gasteiger partial charge in [-0.05, 0) is 24.5 Å². The van der Waals surface area contributed by atoms with Gasteiger partial charge in [0.2, 0.25) is 0 Å². The monoisotopic (exact) mass is 226 g/mol. The molecule has 0 aliphatic rings. The minimum atomic E-state index is 0.284. The standard InChI is InChI=1S/C12H22N2O2/c1-16-9-5-13-10-12-4-7-14(11-12)6-2-3-8-15/h4,7,11,13,15H,2-3,5-6,8-10H2,1H3. The first-order valence-electron chi connectivity index (χ1n) is 5.82. The van der Waals surface area contributed by atoms with E-state index in [2.05, 4.69) is 28.3 Å². The van der Waals surface area contributed by atoms with Crippen LogP contribution in [0.15, 0.2) is 18.5 Å². The van der Waals surface area contributed by atoms with E-state index in [1.54, 1.807) is 7.11 Å². The van der Waals surface area contributed by atoms with Crippen LogP contribution < -0.4 is 5.32 Å². The molecule has 4 nitrogen and oxygen atoms in total. The molecule has 0 fully saturated rings. The van der Waals surface area contributed by atoms with Crippen LogP contribution in [0.1, 0.15) is 18.4 Å². The van der Waals surface area contributed by atoms with Gasteiger partial charge in [0.15, 0.2) is 0 Å². The summed E-state index contributed by atoms with van der Waals surface area (Å²) in [5.74, 6) is 0. The van der Waals surface area contributed by atoms with Crippen LogP contribution in [0.5, 0.6) is 0 Å². The number of hydrogen-bond acceptors (Lipinski definition) is 3. The number of methoxy groups -OCH3 is 1. The van der Waals surface area contributed by atoms with E-state index in [-0.39, 0.29) is 6.61 Å². The molecule has 1 aromatic rings. The molecule has 0 aliphatic carbocycles. The van der Waals surface area contributed by atoms with Crippen LogP contribution in [0, 0.1) is 0 Å². The van der Waals surface area contributed by atoms with Crippen molar-refractivity contribution in [2.45, 2.75) is 25.9 Å². The van der Waals surface area contributed by atoms with Gasteiger partial charge in [0.1, 0.15) is 0 Å². The quantitative estimate of drug-likeness (QED) is 0.617. The fourth-order valence-electron chi connectivity index (χ4n) is 1.55. The molecule has 4 heteroatoms. The third-order valence-corrected chi connectivity index (χ3v) is 2.45. The number of aliphatic hydroxyl groups is 1. The Morgan fingerprint density at radius 2 is 2.31 bits per heavy atom. The van der Waals surface area contributed by atoms with Crippen LogP contribution >= 0.6 is 0 Å². The highest BCUT2D eigenvalue weighted by Crippen LogP contribution is 2.03. The van der Waals surface area contributed by atoms with Gasteiger partial charge >= 0.3 is 0 Å². The molecule has 0 atom stereocenters. The Labute approximate surface area is 97.2 Å². The summed E-state index contributed by atoms with van der Waals surface area (Å²) in [7, 11) is 1.71. The minimum Gasteiger partial charge on any atom is -0.396 e. The van der Waals surface area contributed by atoms with Gasteiger partial charge in [-0.3, -0.25) is 0 Å². The molecule has 0 unspecified atom stereocenters. The highest BCUT2D eigenvalue weighted by Gasteiger charge is 1.96. The molecule has 0 aromatic carbocycles. The first kappa shape index (κ1) is 13.2. The number of hydrogen-bond donors (Lipinski definition) is 2. The van der Waals surface area contributed by atoms with Crippen molar-refractivity contribution in [3.05, 3.63) is 24.0 Å². The average molecular weight is 226 g/mol. The predicted molar refractivity (Wildman–Crippen MR) is 64.3 cm³/mol. The largest absolute Gasteiger partial charge is 0.396 e. The average Bonchev–Trinajstić information content (AvgIpc) is 2.73. The number of ether oxygens (including phenoxy) is 1. The van der Waals surface area contributed by atoms with Gasteiger partial charge in [-0.25, -0.2) is 0 Å². The maximum Gasteiger partial charge on any atom is 0.0587 e. The Morgan fingerprint density at radius 1 is 1.44 bits per heavy atom. The zero-order valence-electron chi connectivity index (χ0n) is 9.98. The fourth-order valence-corrected chi connectivity index (χ4v) is 1.55. The van der Waals surface area contributed by atoms with Crippen molar-refractivity contribution in [2.75, 3.05) is 26.9 Å². The predicted octanol–water partition coefficient (Wildman–Crippen LogP) is 0.997. The van der Waals surface area contributed by atoms with E-state index in [0.717, 1.165) is 39.1 Å². The molecular weight excluding hydrogens is 204 g/mol. The lowest BCUT2D eigenvalue weighted by molar-refractivity contribution is 0.199. The Balaban J connectivity index is 2.17. The number of rotatable bonds is 9. The molecule has 1 heterocycles. The normalized spacial score (nSPS) is 10.9. The fraction of sp³-hybridized carbons (Fsp3) is 0.667. The Bertz CT molecular complexity index is 274. The van der Waals surface area contributed by atoms with Crippen LogP contribution in [0.3, 0.4) is 0 Å². The summed E-state index contributed by atoms with van der Waals surface area (Å²) in [5, 5.41) is 12.0. The van der Waals surface area contributed by atoms with E-state index in [9.17, 15) is 0 Å². The number of nitrogens with one attached hydrogen (secondary N) is 1. The zero-order chi connectivity index (χ0) is 11.6. The van der Waals surface area contributed by atoms with E-state index in [1.807, 2.05) is 0 Å². The van der Waals surface area contributed by atoms with Gasteiger partial charge in [-0.15, -0.1) is 0 Å². The van der Waals surface area contributed by atoms with Crippen LogP contribution in [0.2, 0.25) is 0 Å². The van der Waals surface area contributed by atoms with Crippen LogP contribution in [0.25, 0.3) is 0 Å². The molecule has 0 radical (unpaired) electrons. The molecule has 0 saturated heterocycles. The lowest BCUT2D eigenvalue weighted by Crippen LogP contribution is -2.18. The second-order valence-electron chi connectivity index (χ2n) is 3.86. The topological polar surface area (TPSA) is 46.4 Å². The van der Waals surface area contributed by atoms with Crippen molar-refractivity contribution in [1.29, 1.82) is 0 Å². The van der Waals surface area contributed by atoms with Crippen molar-refractivity contribution in [3.8, 4) is 0 Å². The van der Waals surface area contributed by atoms with Gasteiger partial charge in [-0.1, -0.05) is 0 Å². The number of aromatic nitrogens is 1. The van der Waals surface area contributed by atoms with Crippen molar-refractivity contribution < 1.29 is 9.84 Å². The van der Waals surface area contributed by atoms with Gasteiger partial charge in [-0.2, -0.15) is 0 Å². The molecule has 2 N–H and O–H groups in total. The summed E-state index contributed by atoms with van der Waals surface area (Å²) in [6.07, 6.45) is 6.14. The molecule has 0 aliphatic heterocycles. The van der Waals surface area contributed by atoms with E-state index in [0.29, 0.717) is 0 Å². The van der Waals surface area contributed by atoms with Crippen LogP contribution in [0.4, 0.5) is 0 Å². The minimum absolute atomic E-state index is 0.284. The van der Waals surface area contributed by atoms with Crippen molar-refractivity contribution in [1.82, 2.24) is 9.88 Å². The second-order valence-corrected chi connectivity index (χ2v) is 3.86. The zero-order valence-corrected chi connectivity index (χ0v) is 9.98. The van der Waals surface area contributed by atoms with E-state index >= 15 is 0 Å². The third-order valence-electron chi connectivity index (χ3n) is 2.45. The van der Waals surface area contributed by atoms with E-state index in [1.165, 1.54) is 5.56 Å². The Kier molecular flexibility index (Phi) is 6.88. The summed E-state index contributed by atoms with van der Waals surface area (Å²) < 4.78 is 7.13. The molecule has 0 spiro atoms. The van der Waals surface area contributed by atoms with Gasteiger partial charge in [0, 0.05) is 45.7 Å². The van der Waals surface area contributed by atoms with Crippen molar-refractivity contribution in [2.24, 2.45) is 0 Å². The summed E-state index contributed by atoms with van der Waals surface area (Å²) in [6.45, 7) is 3.78. The molecule has 0 saturated carbocycles. The van der Waals surface area contributed by atoms with Gasteiger partial charge < -0.3 is 19.7 Å². The van der Waals surface area contributed by atoms with Crippen molar-refractivity contribution >= 4 is 0 Å². The summed E-state index contributed by atoms with van der Waals surface area (Å²) >= 11 is 0. The maximum absolute atomic E-state index is 8.69. The van der Waals surface area contributed by atoms with Gasteiger partial charge in [0.05, 0.1) is 6.61 Å². The molecule has 1 rings (SSSR count). The lowest BCUT2D eigenvalue weighted by Gasteiger charge is -2.02. The molecular formula is C12H22N2O2. The molecule has 92 valence electrons. The number of unbranched alkanes of at least 4 members (excludes halogenated alkanes) is 1. The highest BCUT2D eigenvalue weighted by molar-refractivity contribution is 5.09. The smallest absolute Gasteiger partial charge is 0.0587 e. The van der Waals surface area contributed by atoms with Gasteiger partial charge in [0.25, 0.3) is 0 Å². The number of nitrogens with zero attached hydrogens (tertiary/aromatic N) is 1. The lowest BCUT2D eigenvalue weighted by atomic mass is 10.3. The van der Waals surface area contributed by atoms with Crippen molar-refractivity contribution in [3.63, 3.8) is 0 Å². The molecule has 0 amide bonds. The first-order chi connectivity index (χ1) is 7.86. The van der Waals surface area contributed by atoms with Crippen LogP contribution in [-0.4, -0.2) is 36.5 Å². The molecule has 16 heavy (non-hydrogen) atoms. The first-order valence-corrected chi connectivity index (χ1v) is 5.82. The summed E-state index contributed by atoms with van der Waals surface area (Å²) in [6, 6.07) is 2.12. The number of aliphatic hydroxyl groups excluding tert-OH is 1. The second kappa shape index (κ2) is 8.33. The SMILES string of the molecule is COCCNCc1ccn(CCCCO)c1. The summed E-state index contributed by atoms with van der Waals surface area (Å²) in [5.41, 5.74) is 1.29. The highest BCUT2D eigenvalue weighted by atomic mass is 16.5. The Morgan fingerprint density at radius 3 is 3.06 bits per heavy atom. The Hall–Kier alpha value is -0.840. The van der Waals surface area contributed by atoms with Crippen LogP contribution in [-0.2, 0) is 17.8 Å². The third kappa shape index (κ3) is 5.30. The number of aryl methyl sites for hydroxylation is 1. The maximum atomic E-state index is 8.69. The molecule has 0 bridgehead atoms. The van der Waals surface area contributed by atoms with E-state index < -0.39 is 0 Å². The molecule has 1 aromatic heterocycles. The van der Waals surface area contributed by atoms with E-state index in [4.69, 9.17) is 9.84 Å². The summed E-state index contributed by atoms with van der Waals surface area (Å²) in [4.78, 5) is 0.